The van der Waals surface area contributed by atoms with Crippen LogP contribution in [0.5, 0.6) is 5.75 Å². The first-order valence-corrected chi connectivity index (χ1v) is 10.0. The van der Waals surface area contributed by atoms with Crippen molar-refractivity contribution in [2.24, 2.45) is 0 Å². The van der Waals surface area contributed by atoms with E-state index < -0.39 is 16.3 Å². The zero-order valence-electron chi connectivity index (χ0n) is 15.6. The van der Waals surface area contributed by atoms with E-state index in [0.29, 0.717) is 5.75 Å². The van der Waals surface area contributed by atoms with Gasteiger partial charge in [-0.05, 0) is 48.0 Å². The quantitative estimate of drug-likeness (QED) is 0.465. The van der Waals surface area contributed by atoms with E-state index in [9.17, 15) is 17.8 Å². The van der Waals surface area contributed by atoms with Crippen molar-refractivity contribution in [3.05, 3.63) is 90.0 Å². The lowest BCUT2D eigenvalue weighted by atomic mass is 10.2. The lowest BCUT2D eigenvalue weighted by Crippen LogP contribution is -2.25. The maximum absolute atomic E-state index is 12.4. The molecular formula is C21H19NO6S. The van der Waals surface area contributed by atoms with E-state index >= 15 is 0 Å². The van der Waals surface area contributed by atoms with Crippen LogP contribution in [0, 0.1) is 0 Å². The van der Waals surface area contributed by atoms with Gasteiger partial charge in [0.2, 0.25) is 0 Å². The molecule has 0 amide bonds. The number of rotatable bonds is 7. The Bertz CT molecular complexity index is 1080. The summed E-state index contributed by atoms with van der Waals surface area (Å²) in [5.74, 6) is -0.0806. The van der Waals surface area contributed by atoms with Crippen molar-refractivity contribution in [1.82, 2.24) is 0 Å². The van der Waals surface area contributed by atoms with Crippen LogP contribution in [0.15, 0.2) is 78.9 Å². The van der Waals surface area contributed by atoms with Crippen molar-refractivity contribution in [2.45, 2.75) is 6.61 Å². The molecule has 3 rings (SSSR count). The van der Waals surface area contributed by atoms with Crippen molar-refractivity contribution in [3.8, 4) is 5.75 Å². The second kappa shape index (κ2) is 8.76. The van der Waals surface area contributed by atoms with Gasteiger partial charge in [0.05, 0.1) is 24.0 Å². The molecule has 0 aliphatic heterocycles. The lowest BCUT2D eigenvalue weighted by molar-refractivity contribution is 0.0472. The fraction of sp³-hybridized carbons (Fsp3) is 0.0952. The third kappa shape index (κ3) is 5.13. The summed E-state index contributed by atoms with van der Waals surface area (Å²) in [6.45, 7) is 0.0877. The van der Waals surface area contributed by atoms with Crippen LogP contribution in [0.25, 0.3) is 0 Å². The first-order valence-electron chi connectivity index (χ1n) is 8.61. The van der Waals surface area contributed by atoms with E-state index in [2.05, 4.69) is 0 Å². The Morgan fingerprint density at radius 1 is 0.931 bits per heavy atom. The summed E-state index contributed by atoms with van der Waals surface area (Å²) in [6.07, 6.45) is 0. The molecule has 0 saturated heterocycles. The van der Waals surface area contributed by atoms with Crippen LogP contribution in [-0.2, 0) is 21.6 Å². The van der Waals surface area contributed by atoms with Gasteiger partial charge in [-0.2, -0.15) is 8.42 Å². The Labute approximate surface area is 169 Å². The zero-order chi connectivity index (χ0) is 20.9. The summed E-state index contributed by atoms with van der Waals surface area (Å²) in [5.41, 5.74) is 1.25. The minimum Gasteiger partial charge on any atom is -0.497 e. The number of hydrogen-bond acceptors (Lipinski definition) is 5. The fourth-order valence-corrected chi connectivity index (χ4v) is 3.47. The van der Waals surface area contributed by atoms with Gasteiger partial charge in [-0.25, -0.2) is 9.10 Å². The number of hydrogen-bond donors (Lipinski definition) is 1. The molecule has 0 atom stereocenters. The molecule has 3 aromatic rings. The van der Waals surface area contributed by atoms with Crippen LogP contribution < -0.4 is 9.04 Å². The van der Waals surface area contributed by atoms with Gasteiger partial charge in [0, 0.05) is 0 Å². The van der Waals surface area contributed by atoms with Crippen LogP contribution in [0.3, 0.4) is 0 Å². The molecule has 0 heterocycles. The van der Waals surface area contributed by atoms with Crippen molar-refractivity contribution in [1.29, 1.82) is 0 Å². The molecule has 3 aromatic carbocycles. The van der Waals surface area contributed by atoms with Crippen LogP contribution >= 0.6 is 0 Å². The molecule has 0 unspecified atom stereocenters. The van der Waals surface area contributed by atoms with Gasteiger partial charge >= 0.3 is 16.3 Å². The number of nitrogens with zero attached hydrogens (tertiary/aromatic N) is 1. The van der Waals surface area contributed by atoms with Gasteiger partial charge in [0.25, 0.3) is 0 Å². The summed E-state index contributed by atoms with van der Waals surface area (Å²) in [6, 6.07) is 21.1. The lowest BCUT2D eigenvalue weighted by Gasteiger charge is -2.21. The number of anilines is 2. The van der Waals surface area contributed by atoms with Crippen LogP contribution in [0.4, 0.5) is 11.4 Å². The van der Waals surface area contributed by atoms with Crippen LogP contribution in [0.2, 0.25) is 0 Å². The summed E-state index contributed by atoms with van der Waals surface area (Å²) < 4.78 is 44.8. The normalized spacial score (nSPS) is 11.0. The zero-order valence-corrected chi connectivity index (χ0v) is 16.4. The van der Waals surface area contributed by atoms with Gasteiger partial charge in [-0.3, -0.25) is 4.55 Å². The van der Waals surface area contributed by atoms with Crippen molar-refractivity contribution in [2.75, 3.05) is 11.4 Å². The average Bonchev–Trinajstić information content (AvgIpc) is 2.72. The monoisotopic (exact) mass is 413 g/mol. The summed E-state index contributed by atoms with van der Waals surface area (Å²) in [4.78, 5) is 12.4. The molecule has 1 N–H and O–H groups in total. The number of methoxy groups -OCH3 is 1. The highest BCUT2D eigenvalue weighted by molar-refractivity contribution is 7.87. The number of ether oxygens (including phenoxy) is 2. The first-order chi connectivity index (χ1) is 13.9. The van der Waals surface area contributed by atoms with Crippen LogP contribution in [-0.4, -0.2) is 26.0 Å². The SMILES string of the molecule is COc1ccc(N(c2cccc(C(=O)OCc3ccccc3)c2)S(=O)(=O)O)cc1. The van der Waals surface area contributed by atoms with Crippen molar-refractivity contribution in [3.63, 3.8) is 0 Å². The highest BCUT2D eigenvalue weighted by atomic mass is 32.2. The predicted octanol–water partition coefficient (Wildman–Crippen LogP) is 3.99. The fourth-order valence-electron chi connectivity index (χ4n) is 2.70. The minimum absolute atomic E-state index is 0.0877. The molecule has 8 heteroatoms. The largest absolute Gasteiger partial charge is 0.497 e. The summed E-state index contributed by atoms with van der Waals surface area (Å²) in [5, 5.41) is 0. The second-order valence-corrected chi connectivity index (χ2v) is 7.31. The minimum atomic E-state index is -4.65. The number of carbonyl (C=O) groups is 1. The predicted molar refractivity (Wildman–Crippen MR) is 109 cm³/mol. The van der Waals surface area contributed by atoms with E-state index in [4.69, 9.17) is 9.47 Å². The highest BCUT2D eigenvalue weighted by Gasteiger charge is 2.23. The van der Waals surface area contributed by atoms with Crippen molar-refractivity contribution < 1.29 is 27.2 Å². The molecule has 7 nitrogen and oxygen atoms in total. The molecule has 0 bridgehead atoms. The van der Waals surface area contributed by atoms with Gasteiger partial charge < -0.3 is 9.47 Å². The topological polar surface area (TPSA) is 93.1 Å². The van der Waals surface area contributed by atoms with Crippen molar-refractivity contribution >= 4 is 27.6 Å². The smallest absolute Gasteiger partial charge is 0.364 e. The molecule has 0 spiro atoms. The third-order valence-corrected chi connectivity index (χ3v) is 4.95. The highest BCUT2D eigenvalue weighted by Crippen LogP contribution is 2.30. The number of carbonyl (C=O) groups excluding carboxylic acids is 1. The molecule has 0 aliphatic carbocycles. The molecule has 0 aliphatic rings. The molecule has 0 saturated carbocycles. The summed E-state index contributed by atoms with van der Waals surface area (Å²) in [7, 11) is -3.16. The maximum atomic E-state index is 12.4. The second-order valence-electron chi connectivity index (χ2n) is 6.05. The summed E-state index contributed by atoms with van der Waals surface area (Å²) >= 11 is 0. The van der Waals surface area contributed by atoms with E-state index in [1.165, 1.54) is 43.5 Å². The molecule has 0 fully saturated rings. The molecule has 29 heavy (non-hydrogen) atoms. The van der Waals surface area contributed by atoms with Gasteiger partial charge in [-0.1, -0.05) is 36.4 Å². The Balaban J connectivity index is 1.87. The Kier molecular flexibility index (Phi) is 6.16. The Morgan fingerprint density at radius 2 is 1.62 bits per heavy atom. The Morgan fingerprint density at radius 3 is 2.24 bits per heavy atom. The molecular weight excluding hydrogens is 394 g/mol. The Hall–Kier alpha value is -3.36. The standard InChI is InChI=1S/C21H19NO6S/c1-27-20-12-10-18(11-13-20)22(29(24,25)26)19-9-5-8-17(14-19)21(23)28-15-16-6-3-2-4-7-16/h2-14H,15H2,1H3,(H,24,25,26). The van der Waals surface area contributed by atoms with E-state index in [1.807, 2.05) is 30.3 Å². The molecule has 0 radical (unpaired) electrons. The maximum Gasteiger partial charge on any atom is 0.364 e. The van der Waals surface area contributed by atoms with Crippen LogP contribution in [0.1, 0.15) is 15.9 Å². The number of benzene rings is 3. The van der Waals surface area contributed by atoms with Gasteiger partial charge in [0.15, 0.2) is 0 Å². The van der Waals surface area contributed by atoms with E-state index in [0.717, 1.165) is 9.87 Å². The van der Waals surface area contributed by atoms with E-state index in [-0.39, 0.29) is 23.5 Å². The third-order valence-electron chi connectivity index (χ3n) is 4.07. The van der Waals surface area contributed by atoms with Gasteiger partial charge in [0.1, 0.15) is 12.4 Å². The first kappa shape index (κ1) is 20.4. The molecule has 150 valence electrons. The average molecular weight is 413 g/mol. The van der Waals surface area contributed by atoms with E-state index in [1.54, 1.807) is 12.1 Å². The number of esters is 1. The molecule has 0 aromatic heterocycles. The van der Waals surface area contributed by atoms with Gasteiger partial charge in [-0.15, -0.1) is 0 Å².